The van der Waals surface area contributed by atoms with Crippen LogP contribution in [-0.2, 0) is 6.54 Å². The topological polar surface area (TPSA) is 61.9 Å². The molecule has 6 nitrogen and oxygen atoms in total. The second-order valence-corrected chi connectivity index (χ2v) is 7.40. The zero-order chi connectivity index (χ0) is 19.5. The maximum Gasteiger partial charge on any atom is 0.250 e. The zero-order valence-corrected chi connectivity index (χ0v) is 16.5. The largest absolute Gasteiger partial charge is 0.474 e. The lowest BCUT2D eigenvalue weighted by atomic mass is 10.1. The van der Waals surface area contributed by atoms with Crippen LogP contribution in [0.2, 0.25) is 0 Å². The first-order valence-corrected chi connectivity index (χ1v) is 10.0. The molecule has 0 atom stereocenters. The van der Waals surface area contributed by atoms with Gasteiger partial charge >= 0.3 is 0 Å². The first-order valence-electron chi connectivity index (χ1n) is 10.0. The van der Waals surface area contributed by atoms with Crippen molar-refractivity contribution in [1.82, 2.24) is 19.3 Å². The summed E-state index contributed by atoms with van der Waals surface area (Å²) in [6.07, 6.45) is 11.6. The first kappa shape index (κ1) is 18.5. The molecule has 4 rings (SSSR count). The number of ether oxygens (including phenoxy) is 1. The molecule has 1 saturated carbocycles. The Morgan fingerprint density at radius 3 is 2.71 bits per heavy atom. The van der Waals surface area contributed by atoms with Gasteiger partial charge in [0.25, 0.3) is 5.56 Å². The van der Waals surface area contributed by atoms with Crippen LogP contribution < -0.4 is 10.3 Å². The van der Waals surface area contributed by atoms with Crippen LogP contribution in [0, 0.1) is 6.92 Å². The van der Waals surface area contributed by atoms with Gasteiger partial charge in [-0.1, -0.05) is 6.92 Å². The van der Waals surface area contributed by atoms with Crippen LogP contribution in [0.3, 0.4) is 0 Å². The molecule has 1 fully saturated rings. The summed E-state index contributed by atoms with van der Waals surface area (Å²) < 4.78 is 9.52. The van der Waals surface area contributed by atoms with E-state index in [1.165, 1.54) is 12.8 Å². The summed E-state index contributed by atoms with van der Waals surface area (Å²) in [6, 6.07) is 7.38. The summed E-state index contributed by atoms with van der Waals surface area (Å²) in [4.78, 5) is 16.6. The zero-order valence-electron chi connectivity index (χ0n) is 16.5. The number of rotatable bonds is 6. The highest BCUT2D eigenvalue weighted by Crippen LogP contribution is 2.27. The van der Waals surface area contributed by atoms with E-state index in [0.29, 0.717) is 18.5 Å². The van der Waals surface area contributed by atoms with Crippen molar-refractivity contribution < 1.29 is 4.74 Å². The maximum absolute atomic E-state index is 11.9. The number of aromatic nitrogens is 4. The van der Waals surface area contributed by atoms with E-state index in [4.69, 9.17) is 4.74 Å². The van der Waals surface area contributed by atoms with Crippen LogP contribution in [0.15, 0.2) is 47.7 Å². The third-order valence-electron chi connectivity index (χ3n) is 5.24. The molecular weight excluding hydrogens is 352 g/mol. The van der Waals surface area contributed by atoms with Gasteiger partial charge in [0.05, 0.1) is 11.9 Å². The van der Waals surface area contributed by atoms with E-state index >= 15 is 0 Å². The molecular formula is C22H26N4O2. The molecule has 1 aliphatic rings. The van der Waals surface area contributed by atoms with Crippen LogP contribution in [0.1, 0.15) is 44.7 Å². The highest BCUT2D eigenvalue weighted by Gasteiger charge is 2.17. The second-order valence-electron chi connectivity index (χ2n) is 7.40. The molecule has 28 heavy (non-hydrogen) atoms. The fourth-order valence-electron chi connectivity index (χ4n) is 3.76. The van der Waals surface area contributed by atoms with Gasteiger partial charge in [0, 0.05) is 47.9 Å². The van der Waals surface area contributed by atoms with Crippen molar-refractivity contribution in [3.8, 4) is 22.7 Å². The van der Waals surface area contributed by atoms with E-state index in [-0.39, 0.29) is 5.56 Å². The van der Waals surface area contributed by atoms with Crippen LogP contribution in [0.4, 0.5) is 0 Å². The predicted molar refractivity (Wildman–Crippen MR) is 109 cm³/mol. The summed E-state index contributed by atoms with van der Waals surface area (Å²) in [7, 11) is 0. The Balaban J connectivity index is 1.57. The van der Waals surface area contributed by atoms with Gasteiger partial charge in [0.15, 0.2) is 0 Å². The molecule has 3 aromatic rings. The molecule has 0 N–H and O–H groups in total. The minimum atomic E-state index is 0.0101. The fourth-order valence-corrected chi connectivity index (χ4v) is 3.76. The molecule has 3 heterocycles. The predicted octanol–water partition coefficient (Wildman–Crippen LogP) is 4.14. The van der Waals surface area contributed by atoms with Gasteiger partial charge < -0.3 is 9.30 Å². The Morgan fingerprint density at radius 1 is 1.14 bits per heavy atom. The Hall–Kier alpha value is -2.89. The van der Waals surface area contributed by atoms with Crippen molar-refractivity contribution in [2.45, 2.75) is 58.6 Å². The van der Waals surface area contributed by atoms with E-state index in [0.717, 1.165) is 41.8 Å². The first-order chi connectivity index (χ1) is 13.6. The molecule has 0 aliphatic heterocycles. The summed E-state index contributed by atoms with van der Waals surface area (Å²) in [5, 5.41) is 4.48. The summed E-state index contributed by atoms with van der Waals surface area (Å²) in [6.45, 7) is 4.75. The number of pyridine rings is 2. The highest BCUT2D eigenvalue weighted by molar-refractivity contribution is 5.65. The van der Waals surface area contributed by atoms with E-state index in [9.17, 15) is 4.79 Å². The van der Waals surface area contributed by atoms with Crippen molar-refractivity contribution in [2.24, 2.45) is 0 Å². The number of hydrogen-bond donors (Lipinski definition) is 0. The van der Waals surface area contributed by atoms with Crippen molar-refractivity contribution in [3.63, 3.8) is 0 Å². The van der Waals surface area contributed by atoms with Gasteiger partial charge in [-0.05, 0) is 51.2 Å². The van der Waals surface area contributed by atoms with Gasteiger partial charge in [0.2, 0.25) is 5.88 Å². The lowest BCUT2D eigenvalue weighted by molar-refractivity contribution is 0.201. The minimum absolute atomic E-state index is 0.0101. The van der Waals surface area contributed by atoms with Crippen molar-refractivity contribution >= 4 is 0 Å². The second kappa shape index (κ2) is 8.00. The van der Waals surface area contributed by atoms with Crippen LogP contribution in [0.5, 0.6) is 5.88 Å². The molecule has 3 aromatic heterocycles. The molecule has 146 valence electrons. The van der Waals surface area contributed by atoms with Gasteiger partial charge in [-0.3, -0.25) is 4.79 Å². The van der Waals surface area contributed by atoms with Gasteiger partial charge in [-0.2, -0.15) is 5.10 Å². The number of aryl methyl sites for hydroxylation is 2. The molecule has 0 saturated heterocycles. The molecule has 0 unspecified atom stereocenters. The van der Waals surface area contributed by atoms with Crippen LogP contribution in [0.25, 0.3) is 16.8 Å². The quantitative estimate of drug-likeness (QED) is 0.647. The molecule has 6 heteroatoms. The van der Waals surface area contributed by atoms with E-state index in [2.05, 4.69) is 17.0 Å². The Labute approximate surface area is 164 Å². The van der Waals surface area contributed by atoms with Gasteiger partial charge in [-0.15, -0.1) is 0 Å². The molecule has 0 aromatic carbocycles. The summed E-state index contributed by atoms with van der Waals surface area (Å²) >= 11 is 0. The average Bonchev–Trinajstić information content (AvgIpc) is 3.36. The Bertz CT molecular complexity index is 1020. The van der Waals surface area contributed by atoms with Crippen molar-refractivity contribution in [1.29, 1.82) is 0 Å². The minimum Gasteiger partial charge on any atom is -0.474 e. The summed E-state index contributed by atoms with van der Waals surface area (Å²) in [5.74, 6) is 0.701. The average molecular weight is 378 g/mol. The van der Waals surface area contributed by atoms with Gasteiger partial charge in [-0.25, -0.2) is 9.67 Å². The molecule has 0 spiro atoms. The summed E-state index contributed by atoms with van der Waals surface area (Å²) in [5.41, 5.74) is 3.82. The van der Waals surface area contributed by atoms with E-state index in [1.54, 1.807) is 21.4 Å². The number of nitrogens with zero attached hydrogens (tertiary/aromatic N) is 4. The molecule has 1 aliphatic carbocycles. The molecule has 0 radical (unpaired) electrons. The lowest BCUT2D eigenvalue weighted by Crippen LogP contribution is -2.19. The number of hydrogen-bond acceptors (Lipinski definition) is 4. The van der Waals surface area contributed by atoms with Gasteiger partial charge in [0.1, 0.15) is 6.10 Å². The lowest BCUT2D eigenvalue weighted by Gasteiger charge is -2.13. The van der Waals surface area contributed by atoms with Crippen LogP contribution >= 0.6 is 0 Å². The van der Waals surface area contributed by atoms with Crippen molar-refractivity contribution in [3.05, 3.63) is 58.9 Å². The van der Waals surface area contributed by atoms with E-state index < -0.39 is 0 Å². The normalized spacial score (nSPS) is 14.5. The Morgan fingerprint density at radius 2 is 1.96 bits per heavy atom. The monoisotopic (exact) mass is 378 g/mol. The van der Waals surface area contributed by atoms with Crippen molar-refractivity contribution in [2.75, 3.05) is 0 Å². The third-order valence-corrected chi connectivity index (χ3v) is 5.24. The highest BCUT2D eigenvalue weighted by atomic mass is 16.5. The standard InChI is InChI=1S/C22H26N4O2/c1-3-12-25-15-18(8-11-22(25)27)26-14-17(13-23-26)20-9-10-21(24-16(20)2)28-19-6-4-5-7-19/h8-11,13-15,19H,3-7,12H2,1-2H3. The molecule has 0 amide bonds. The van der Waals surface area contributed by atoms with E-state index in [1.807, 2.05) is 37.6 Å². The fraction of sp³-hybridized carbons (Fsp3) is 0.409. The third kappa shape index (κ3) is 3.86. The maximum atomic E-state index is 11.9. The smallest absolute Gasteiger partial charge is 0.250 e. The Kier molecular flexibility index (Phi) is 5.28. The molecule has 0 bridgehead atoms. The SMILES string of the molecule is CCCn1cc(-n2cc(-c3ccc(OC4CCCC4)nc3C)cn2)ccc1=O. The van der Waals surface area contributed by atoms with Crippen LogP contribution in [-0.4, -0.2) is 25.4 Å².